The molecule has 2 N–H and O–H groups in total. The van der Waals surface area contributed by atoms with Crippen molar-refractivity contribution >= 4 is 55.2 Å². The van der Waals surface area contributed by atoms with Crippen LogP contribution in [0.25, 0.3) is 0 Å². The molecular formula is C17H20Br2N2O4S. The highest BCUT2D eigenvalue weighted by Crippen LogP contribution is 2.46. The zero-order valence-electron chi connectivity index (χ0n) is 14.9. The van der Waals surface area contributed by atoms with Crippen molar-refractivity contribution in [3.8, 4) is 11.5 Å². The largest absolute Gasteiger partial charge is 0.493 e. The van der Waals surface area contributed by atoms with Crippen molar-refractivity contribution in [2.24, 2.45) is 0 Å². The molecule has 6 nitrogen and oxygen atoms in total. The molecule has 0 bridgehead atoms. The van der Waals surface area contributed by atoms with Crippen molar-refractivity contribution < 1.29 is 19.0 Å². The summed E-state index contributed by atoms with van der Waals surface area (Å²) >= 11 is 12.4. The van der Waals surface area contributed by atoms with Gasteiger partial charge in [0, 0.05) is 10.2 Å². The average Bonchev–Trinajstić information content (AvgIpc) is 2.58. The molecule has 9 heteroatoms. The van der Waals surface area contributed by atoms with Gasteiger partial charge in [-0.25, -0.2) is 4.79 Å². The summed E-state index contributed by atoms with van der Waals surface area (Å²) in [4.78, 5) is 12.5. The van der Waals surface area contributed by atoms with Crippen LogP contribution in [0.3, 0.4) is 0 Å². The van der Waals surface area contributed by atoms with Crippen LogP contribution in [0.15, 0.2) is 26.3 Å². The second-order valence-corrected chi connectivity index (χ2v) is 7.34. The molecule has 0 spiro atoms. The number of halogens is 2. The zero-order chi connectivity index (χ0) is 19.4. The first-order valence-corrected chi connectivity index (χ1v) is 9.99. The van der Waals surface area contributed by atoms with Gasteiger partial charge >= 0.3 is 5.97 Å². The van der Waals surface area contributed by atoms with Gasteiger partial charge in [0.1, 0.15) is 0 Å². The lowest BCUT2D eigenvalue weighted by atomic mass is 9.95. The number of thiocarbonyl (C=S) groups is 1. The standard InChI is InChI=1S/C17H20Br2N2O4S/c1-5-24-15-10(23-4)7-9(12(18)13(15)19)14-11(16(22)25-6-2)8(3)20-17(26)21-14/h7,14H,5-6H2,1-4H3,(H2,20,21,26)/t14-/m0/s1. The fourth-order valence-corrected chi connectivity index (χ4v) is 3.98. The first kappa shape index (κ1) is 21.0. The summed E-state index contributed by atoms with van der Waals surface area (Å²) in [6.07, 6.45) is 0. The van der Waals surface area contributed by atoms with Gasteiger partial charge in [-0.3, -0.25) is 0 Å². The van der Waals surface area contributed by atoms with Gasteiger partial charge in [0.05, 0.1) is 36.4 Å². The van der Waals surface area contributed by atoms with Crippen molar-refractivity contribution in [1.82, 2.24) is 10.6 Å². The number of carbonyl (C=O) groups is 1. The molecule has 0 radical (unpaired) electrons. The van der Waals surface area contributed by atoms with Gasteiger partial charge in [0.2, 0.25) is 0 Å². The predicted molar refractivity (Wildman–Crippen MR) is 111 cm³/mol. The molecule has 0 aliphatic carbocycles. The third kappa shape index (κ3) is 4.15. The van der Waals surface area contributed by atoms with Crippen LogP contribution in [0, 0.1) is 0 Å². The van der Waals surface area contributed by atoms with E-state index < -0.39 is 12.0 Å². The van der Waals surface area contributed by atoms with E-state index in [4.69, 9.17) is 26.4 Å². The molecule has 0 amide bonds. The SMILES string of the molecule is CCOC(=O)C1=C(C)NC(=S)N[C@H]1c1cc(OC)c(OCC)c(Br)c1Br. The summed E-state index contributed by atoms with van der Waals surface area (Å²) in [5.41, 5.74) is 1.87. The van der Waals surface area contributed by atoms with Gasteiger partial charge in [0.25, 0.3) is 0 Å². The molecule has 0 unspecified atom stereocenters. The highest BCUT2D eigenvalue weighted by atomic mass is 79.9. The Hall–Kier alpha value is -1.32. The average molecular weight is 508 g/mol. The van der Waals surface area contributed by atoms with E-state index in [0.29, 0.717) is 39.0 Å². The van der Waals surface area contributed by atoms with Crippen LogP contribution in [-0.4, -0.2) is 31.4 Å². The fraction of sp³-hybridized carbons (Fsp3) is 0.412. The lowest BCUT2D eigenvalue weighted by Gasteiger charge is -2.31. The summed E-state index contributed by atoms with van der Waals surface area (Å²) in [7, 11) is 1.57. The summed E-state index contributed by atoms with van der Waals surface area (Å²) in [5, 5.41) is 6.54. The van der Waals surface area contributed by atoms with Gasteiger partial charge in [0.15, 0.2) is 16.6 Å². The van der Waals surface area contributed by atoms with Crippen LogP contribution in [0.5, 0.6) is 11.5 Å². The maximum atomic E-state index is 12.5. The van der Waals surface area contributed by atoms with E-state index in [1.54, 1.807) is 21.0 Å². The highest BCUT2D eigenvalue weighted by molar-refractivity contribution is 9.13. The lowest BCUT2D eigenvalue weighted by molar-refractivity contribution is -0.139. The topological polar surface area (TPSA) is 68.8 Å². The van der Waals surface area contributed by atoms with Crippen molar-refractivity contribution in [1.29, 1.82) is 0 Å². The number of hydrogen-bond acceptors (Lipinski definition) is 5. The minimum absolute atomic E-state index is 0.282. The molecule has 1 aliphatic rings. The van der Waals surface area contributed by atoms with E-state index in [-0.39, 0.29) is 6.61 Å². The molecule has 1 heterocycles. The Morgan fingerprint density at radius 2 is 1.96 bits per heavy atom. The summed E-state index contributed by atoms with van der Waals surface area (Å²) in [6, 6.07) is 1.32. The van der Waals surface area contributed by atoms with E-state index in [2.05, 4.69) is 42.5 Å². The highest BCUT2D eigenvalue weighted by Gasteiger charge is 2.33. The molecule has 1 aliphatic heterocycles. The summed E-state index contributed by atoms with van der Waals surface area (Å²) in [5.74, 6) is 0.720. The number of methoxy groups -OCH3 is 1. The zero-order valence-corrected chi connectivity index (χ0v) is 18.9. The second kappa shape index (κ2) is 9.05. The molecule has 2 rings (SSSR count). The number of hydrogen-bond donors (Lipinski definition) is 2. The van der Waals surface area contributed by atoms with Crippen LogP contribution in [0.4, 0.5) is 0 Å². The number of ether oxygens (including phenoxy) is 3. The van der Waals surface area contributed by atoms with Crippen molar-refractivity contribution in [2.75, 3.05) is 20.3 Å². The smallest absolute Gasteiger partial charge is 0.338 e. The number of allylic oxidation sites excluding steroid dienone is 1. The lowest BCUT2D eigenvalue weighted by Crippen LogP contribution is -2.45. The monoisotopic (exact) mass is 506 g/mol. The predicted octanol–water partition coefficient (Wildman–Crippen LogP) is 3.97. The maximum absolute atomic E-state index is 12.5. The quantitative estimate of drug-likeness (QED) is 0.446. The molecule has 1 aromatic carbocycles. The van der Waals surface area contributed by atoms with E-state index in [0.717, 1.165) is 10.0 Å². The molecule has 0 saturated carbocycles. The molecule has 1 atom stereocenters. The summed E-state index contributed by atoms with van der Waals surface area (Å²) in [6.45, 7) is 6.23. The first-order valence-electron chi connectivity index (χ1n) is 7.99. The van der Waals surface area contributed by atoms with Gasteiger partial charge in [-0.05, 0) is 76.5 Å². The fourth-order valence-electron chi connectivity index (χ4n) is 2.65. The maximum Gasteiger partial charge on any atom is 0.338 e. The Kier molecular flexibility index (Phi) is 7.31. The molecule has 26 heavy (non-hydrogen) atoms. The number of rotatable bonds is 6. The molecule has 0 saturated heterocycles. The number of benzene rings is 1. The van der Waals surface area contributed by atoms with Crippen LogP contribution in [0.2, 0.25) is 0 Å². The molecule has 0 fully saturated rings. The van der Waals surface area contributed by atoms with Gasteiger partial charge in [-0.15, -0.1) is 0 Å². The van der Waals surface area contributed by atoms with E-state index in [9.17, 15) is 4.79 Å². The Labute approximate surface area is 174 Å². The van der Waals surface area contributed by atoms with E-state index in [1.807, 2.05) is 13.0 Å². The Morgan fingerprint density at radius 1 is 1.27 bits per heavy atom. The van der Waals surface area contributed by atoms with Crippen LogP contribution in [-0.2, 0) is 9.53 Å². The number of carbonyl (C=O) groups excluding carboxylic acids is 1. The van der Waals surface area contributed by atoms with Crippen molar-refractivity contribution in [2.45, 2.75) is 26.8 Å². The van der Waals surface area contributed by atoms with Gasteiger partial charge in [-0.2, -0.15) is 0 Å². The third-order valence-electron chi connectivity index (χ3n) is 3.74. The van der Waals surface area contributed by atoms with Crippen LogP contribution < -0.4 is 20.1 Å². The second-order valence-electron chi connectivity index (χ2n) is 5.35. The molecule has 142 valence electrons. The normalized spacial score (nSPS) is 16.7. The molecular weight excluding hydrogens is 488 g/mol. The minimum atomic E-state index is -0.502. The molecule has 1 aromatic rings. The van der Waals surface area contributed by atoms with Crippen LogP contribution in [0.1, 0.15) is 32.4 Å². The number of nitrogens with one attached hydrogen (secondary N) is 2. The third-order valence-corrected chi connectivity index (χ3v) is 6.10. The van der Waals surface area contributed by atoms with Gasteiger partial charge in [-0.1, -0.05) is 0 Å². The van der Waals surface area contributed by atoms with E-state index in [1.165, 1.54) is 0 Å². The molecule has 0 aromatic heterocycles. The Morgan fingerprint density at radius 3 is 2.54 bits per heavy atom. The Balaban J connectivity index is 2.63. The number of esters is 1. The van der Waals surface area contributed by atoms with Crippen LogP contribution >= 0.6 is 44.1 Å². The van der Waals surface area contributed by atoms with Crippen molar-refractivity contribution in [3.05, 3.63) is 31.8 Å². The van der Waals surface area contributed by atoms with Crippen molar-refractivity contribution in [3.63, 3.8) is 0 Å². The summed E-state index contributed by atoms with van der Waals surface area (Å²) < 4.78 is 17.8. The van der Waals surface area contributed by atoms with Gasteiger partial charge < -0.3 is 24.8 Å². The minimum Gasteiger partial charge on any atom is -0.493 e. The Bertz CT molecular complexity index is 768. The van der Waals surface area contributed by atoms with E-state index >= 15 is 0 Å². The first-order chi connectivity index (χ1) is 12.3.